The number of carbonyl (C=O) groups is 3. The van der Waals surface area contributed by atoms with Crippen LogP contribution in [0.15, 0.2) is 59.8 Å². The number of allylic oxidation sites excluding steroid dienone is 1. The second kappa shape index (κ2) is 9.22. The zero-order valence-corrected chi connectivity index (χ0v) is 17.6. The van der Waals surface area contributed by atoms with Crippen LogP contribution >= 0.6 is 0 Å². The van der Waals surface area contributed by atoms with Crippen LogP contribution < -0.4 is 10.2 Å². The Labute approximate surface area is 189 Å². The number of rotatable bonds is 5. The first-order chi connectivity index (χ1) is 16.0. The molecule has 0 radical (unpaired) electrons. The predicted molar refractivity (Wildman–Crippen MR) is 117 cm³/mol. The SMILES string of the molecule is N#Cc1ccc(C2C3=C(CCC3=O)N(c3cccc(CF)c3)C(=O)N2C(=O)NCCO)cc1. The Hall–Kier alpha value is -4.03. The van der Waals surface area contributed by atoms with E-state index < -0.39 is 24.8 Å². The van der Waals surface area contributed by atoms with Crippen LogP contribution in [0, 0.1) is 11.3 Å². The van der Waals surface area contributed by atoms with Gasteiger partial charge in [-0.3, -0.25) is 9.69 Å². The molecule has 9 heteroatoms. The van der Waals surface area contributed by atoms with Crippen molar-refractivity contribution in [3.05, 3.63) is 76.5 Å². The van der Waals surface area contributed by atoms with Gasteiger partial charge in [-0.1, -0.05) is 24.3 Å². The van der Waals surface area contributed by atoms with Gasteiger partial charge in [-0.2, -0.15) is 5.26 Å². The number of alkyl halides is 1. The quantitative estimate of drug-likeness (QED) is 0.728. The van der Waals surface area contributed by atoms with Crippen LogP contribution in [0.2, 0.25) is 0 Å². The minimum atomic E-state index is -0.991. The summed E-state index contributed by atoms with van der Waals surface area (Å²) in [5, 5.41) is 20.7. The van der Waals surface area contributed by atoms with E-state index in [-0.39, 0.29) is 25.4 Å². The predicted octanol–water partition coefficient (Wildman–Crippen LogP) is 3.33. The second-order valence-corrected chi connectivity index (χ2v) is 7.67. The van der Waals surface area contributed by atoms with E-state index in [0.29, 0.717) is 40.1 Å². The average Bonchev–Trinajstić information content (AvgIpc) is 3.22. The Kier molecular flexibility index (Phi) is 6.20. The minimum absolute atomic E-state index is 0.0834. The summed E-state index contributed by atoms with van der Waals surface area (Å²) in [4.78, 5) is 42.0. The van der Waals surface area contributed by atoms with Crippen LogP contribution in [0.4, 0.5) is 19.7 Å². The molecule has 2 aromatic carbocycles. The highest BCUT2D eigenvalue weighted by Gasteiger charge is 2.48. The summed E-state index contributed by atoms with van der Waals surface area (Å²) < 4.78 is 13.3. The molecule has 1 heterocycles. The smallest absolute Gasteiger partial charge is 0.337 e. The molecule has 0 spiro atoms. The molecule has 33 heavy (non-hydrogen) atoms. The summed E-state index contributed by atoms with van der Waals surface area (Å²) in [5.74, 6) is -0.196. The number of amides is 4. The number of imide groups is 1. The van der Waals surface area contributed by atoms with Gasteiger partial charge in [0.25, 0.3) is 0 Å². The number of Topliss-reactive ketones (excluding diaryl/α,β-unsaturated/α-hetero) is 1. The highest BCUT2D eigenvalue weighted by atomic mass is 19.1. The molecule has 2 aromatic rings. The Morgan fingerprint density at radius 2 is 1.94 bits per heavy atom. The van der Waals surface area contributed by atoms with E-state index >= 15 is 0 Å². The standard InChI is InChI=1S/C24H21FN4O4/c25-13-16-2-1-3-18(12-16)28-19-8-9-20(31)21(19)22(17-6-4-15(14-26)5-7-17)29(24(28)33)23(32)27-10-11-30/h1-7,12,22,30H,8-11,13H2,(H,27,32). The van der Waals surface area contributed by atoms with Crippen molar-refractivity contribution in [2.45, 2.75) is 25.6 Å². The van der Waals surface area contributed by atoms with Crippen LogP contribution in [0.5, 0.6) is 0 Å². The van der Waals surface area contributed by atoms with Crippen molar-refractivity contribution >= 4 is 23.5 Å². The number of carbonyl (C=O) groups excluding carboxylic acids is 3. The molecule has 168 valence electrons. The summed E-state index contributed by atoms with van der Waals surface area (Å²) >= 11 is 0. The van der Waals surface area contributed by atoms with Gasteiger partial charge in [0.1, 0.15) is 6.67 Å². The number of anilines is 1. The van der Waals surface area contributed by atoms with E-state index in [2.05, 4.69) is 5.32 Å². The molecular formula is C24H21FN4O4. The van der Waals surface area contributed by atoms with E-state index in [1.54, 1.807) is 42.5 Å². The van der Waals surface area contributed by atoms with E-state index in [1.165, 1.54) is 11.0 Å². The third-order valence-electron chi connectivity index (χ3n) is 5.68. The zero-order valence-electron chi connectivity index (χ0n) is 17.6. The van der Waals surface area contributed by atoms with Gasteiger partial charge < -0.3 is 10.4 Å². The third-order valence-corrected chi connectivity index (χ3v) is 5.68. The number of nitrogens with zero attached hydrogens (tertiary/aromatic N) is 3. The molecule has 0 fully saturated rings. The van der Waals surface area contributed by atoms with E-state index in [1.807, 2.05) is 6.07 Å². The summed E-state index contributed by atoms with van der Waals surface area (Å²) in [6, 6.07) is 12.2. The molecule has 1 aliphatic carbocycles. The first kappa shape index (κ1) is 22.2. The minimum Gasteiger partial charge on any atom is -0.395 e. The van der Waals surface area contributed by atoms with Crippen molar-refractivity contribution in [3.8, 4) is 6.07 Å². The van der Waals surface area contributed by atoms with Crippen molar-refractivity contribution in [3.63, 3.8) is 0 Å². The normalized spacial score (nSPS) is 17.8. The number of halogens is 1. The van der Waals surface area contributed by atoms with Crippen molar-refractivity contribution in [1.82, 2.24) is 10.2 Å². The molecule has 4 rings (SSSR count). The molecule has 8 nitrogen and oxygen atoms in total. The number of aliphatic hydroxyl groups is 1. The molecule has 1 unspecified atom stereocenters. The molecule has 0 saturated carbocycles. The average molecular weight is 448 g/mol. The number of ketones is 1. The van der Waals surface area contributed by atoms with Gasteiger partial charge in [0.15, 0.2) is 5.78 Å². The van der Waals surface area contributed by atoms with Gasteiger partial charge in [-0.25, -0.2) is 18.9 Å². The van der Waals surface area contributed by atoms with E-state index in [0.717, 1.165) is 4.90 Å². The lowest BCUT2D eigenvalue weighted by molar-refractivity contribution is -0.115. The molecule has 1 aliphatic heterocycles. The summed E-state index contributed by atoms with van der Waals surface area (Å²) in [7, 11) is 0. The molecule has 1 atom stereocenters. The summed E-state index contributed by atoms with van der Waals surface area (Å²) in [6.45, 7) is -1.14. The molecule has 2 aliphatic rings. The number of hydrogen-bond donors (Lipinski definition) is 2. The van der Waals surface area contributed by atoms with Gasteiger partial charge in [0.2, 0.25) is 0 Å². The van der Waals surface area contributed by atoms with E-state index in [9.17, 15) is 18.8 Å². The topological polar surface area (TPSA) is 114 Å². The Morgan fingerprint density at radius 3 is 2.61 bits per heavy atom. The number of benzene rings is 2. The molecule has 4 amide bonds. The number of nitrogens with one attached hydrogen (secondary N) is 1. The van der Waals surface area contributed by atoms with Gasteiger partial charge in [-0.15, -0.1) is 0 Å². The van der Waals surface area contributed by atoms with Gasteiger partial charge in [0, 0.05) is 24.2 Å². The second-order valence-electron chi connectivity index (χ2n) is 7.67. The lowest BCUT2D eigenvalue weighted by atomic mass is 9.92. The van der Waals surface area contributed by atoms with Gasteiger partial charge in [-0.05, 0) is 41.8 Å². The maximum Gasteiger partial charge on any atom is 0.337 e. The monoisotopic (exact) mass is 448 g/mol. The largest absolute Gasteiger partial charge is 0.395 e. The van der Waals surface area contributed by atoms with Crippen LogP contribution in [0.25, 0.3) is 0 Å². The first-order valence-corrected chi connectivity index (χ1v) is 10.4. The fourth-order valence-electron chi connectivity index (χ4n) is 4.22. The van der Waals surface area contributed by atoms with Crippen LogP contribution in [0.1, 0.15) is 35.6 Å². The molecule has 0 saturated heterocycles. The van der Waals surface area contributed by atoms with Crippen LogP contribution in [0.3, 0.4) is 0 Å². The lowest BCUT2D eigenvalue weighted by Crippen LogP contribution is -2.55. The van der Waals surface area contributed by atoms with Crippen molar-refractivity contribution in [1.29, 1.82) is 5.26 Å². The van der Waals surface area contributed by atoms with Crippen LogP contribution in [-0.2, 0) is 11.5 Å². The third kappa shape index (κ3) is 3.97. The Morgan fingerprint density at radius 1 is 1.18 bits per heavy atom. The first-order valence-electron chi connectivity index (χ1n) is 10.4. The van der Waals surface area contributed by atoms with Crippen LogP contribution in [-0.4, -0.2) is 41.0 Å². The lowest BCUT2D eigenvalue weighted by Gasteiger charge is -2.41. The molecule has 0 bridgehead atoms. The molecule has 2 N–H and O–H groups in total. The number of aliphatic hydroxyl groups excluding tert-OH is 1. The Balaban J connectivity index is 1.90. The zero-order chi connectivity index (χ0) is 23.5. The van der Waals surface area contributed by atoms with Crippen molar-refractivity contribution in [2.75, 3.05) is 18.1 Å². The van der Waals surface area contributed by atoms with Gasteiger partial charge in [0.05, 0.1) is 30.0 Å². The van der Waals surface area contributed by atoms with Crippen molar-refractivity contribution in [2.24, 2.45) is 0 Å². The summed E-state index contributed by atoms with van der Waals surface area (Å²) in [5.41, 5.74) is 2.40. The highest BCUT2D eigenvalue weighted by molar-refractivity contribution is 6.12. The number of hydrogen-bond acceptors (Lipinski definition) is 5. The van der Waals surface area contributed by atoms with E-state index in [4.69, 9.17) is 10.4 Å². The number of urea groups is 2. The maximum atomic E-state index is 13.7. The summed E-state index contributed by atoms with van der Waals surface area (Å²) in [6.07, 6.45) is 0.481. The van der Waals surface area contributed by atoms with Crippen molar-refractivity contribution < 1.29 is 23.9 Å². The Bertz CT molecular complexity index is 1190. The fraction of sp³-hybridized carbons (Fsp3) is 0.250. The fourth-order valence-corrected chi connectivity index (χ4v) is 4.22. The number of nitriles is 1. The van der Waals surface area contributed by atoms with Gasteiger partial charge >= 0.3 is 12.1 Å². The molecular weight excluding hydrogens is 427 g/mol. The molecule has 0 aromatic heterocycles. The highest BCUT2D eigenvalue weighted by Crippen LogP contribution is 2.45. The maximum absolute atomic E-state index is 13.7.